The highest BCUT2D eigenvalue weighted by atomic mass is 35.5. The van der Waals surface area contributed by atoms with Crippen molar-refractivity contribution in [2.75, 3.05) is 0 Å². The average molecular weight is 247 g/mol. The van der Waals surface area contributed by atoms with Crippen molar-refractivity contribution in [2.24, 2.45) is 0 Å². The van der Waals surface area contributed by atoms with Crippen molar-refractivity contribution >= 4 is 22.5 Å². The third-order valence-electron chi connectivity index (χ3n) is 2.60. The average Bonchev–Trinajstić information content (AvgIpc) is 2.74. The topological polar surface area (TPSA) is 28.7 Å². The molecule has 0 fully saturated rings. The maximum atomic E-state index is 13.5. The second-order valence-corrected chi connectivity index (χ2v) is 4.12. The molecule has 0 saturated carbocycles. The van der Waals surface area contributed by atoms with Crippen molar-refractivity contribution < 1.29 is 4.39 Å². The first kappa shape index (κ1) is 10.3. The summed E-state index contributed by atoms with van der Waals surface area (Å²) >= 11 is 5.83. The van der Waals surface area contributed by atoms with E-state index in [4.69, 9.17) is 11.6 Å². The molecule has 84 valence electrons. The van der Waals surface area contributed by atoms with Crippen LogP contribution < -0.4 is 0 Å². The predicted octanol–water partition coefficient (Wildman–Crippen LogP) is 4.02. The number of H-pyrrole nitrogens is 1. The number of aromatic amines is 1. The molecule has 0 unspecified atom stereocenters. The van der Waals surface area contributed by atoms with Gasteiger partial charge in [0.1, 0.15) is 11.0 Å². The van der Waals surface area contributed by atoms with Crippen molar-refractivity contribution in [2.45, 2.75) is 0 Å². The Balaban J connectivity index is 2.22. The molecule has 2 heterocycles. The van der Waals surface area contributed by atoms with Crippen molar-refractivity contribution in [1.29, 1.82) is 0 Å². The van der Waals surface area contributed by atoms with Gasteiger partial charge in [0.15, 0.2) is 0 Å². The van der Waals surface area contributed by atoms with Crippen molar-refractivity contribution in [3.8, 4) is 11.4 Å². The number of hydrogen-bond donors (Lipinski definition) is 1. The van der Waals surface area contributed by atoms with Crippen LogP contribution in [-0.2, 0) is 0 Å². The Bertz CT molecular complexity index is 691. The molecule has 0 amide bonds. The first-order chi connectivity index (χ1) is 8.24. The van der Waals surface area contributed by atoms with E-state index in [0.29, 0.717) is 16.2 Å². The lowest BCUT2D eigenvalue weighted by Gasteiger charge is -1.96. The Morgan fingerprint density at radius 1 is 1.12 bits per heavy atom. The van der Waals surface area contributed by atoms with Gasteiger partial charge >= 0.3 is 0 Å². The fraction of sp³-hybridized carbons (Fsp3) is 0. The van der Waals surface area contributed by atoms with Gasteiger partial charge in [0.2, 0.25) is 0 Å². The van der Waals surface area contributed by atoms with Crippen LogP contribution in [0.3, 0.4) is 0 Å². The number of nitrogens with zero attached hydrogens (tertiary/aromatic N) is 1. The molecule has 3 aromatic rings. The van der Waals surface area contributed by atoms with E-state index in [2.05, 4.69) is 9.97 Å². The summed E-state index contributed by atoms with van der Waals surface area (Å²) in [5, 5.41) is 0.978. The SMILES string of the molecule is Fc1cccc2[nH]c(-c3cccc(Cl)n3)cc12. The van der Waals surface area contributed by atoms with Crippen LogP contribution in [0.5, 0.6) is 0 Å². The zero-order chi connectivity index (χ0) is 11.8. The maximum absolute atomic E-state index is 13.5. The van der Waals surface area contributed by atoms with Gasteiger partial charge in [-0.25, -0.2) is 9.37 Å². The number of halogens is 2. The highest BCUT2D eigenvalue weighted by Gasteiger charge is 2.07. The summed E-state index contributed by atoms with van der Waals surface area (Å²) in [4.78, 5) is 7.30. The maximum Gasteiger partial charge on any atom is 0.132 e. The lowest BCUT2D eigenvalue weighted by atomic mass is 10.2. The minimum absolute atomic E-state index is 0.243. The molecule has 0 spiro atoms. The van der Waals surface area contributed by atoms with Gasteiger partial charge in [-0.05, 0) is 30.3 Å². The summed E-state index contributed by atoms with van der Waals surface area (Å²) in [6.07, 6.45) is 0. The van der Waals surface area contributed by atoms with Crippen molar-refractivity contribution in [3.63, 3.8) is 0 Å². The van der Waals surface area contributed by atoms with Crippen LogP contribution in [-0.4, -0.2) is 9.97 Å². The normalized spacial score (nSPS) is 10.9. The van der Waals surface area contributed by atoms with E-state index in [-0.39, 0.29) is 5.82 Å². The zero-order valence-electron chi connectivity index (χ0n) is 8.74. The molecule has 0 saturated heterocycles. The molecular formula is C13H8ClFN2. The molecule has 0 bridgehead atoms. The summed E-state index contributed by atoms with van der Waals surface area (Å²) in [5.41, 5.74) is 2.21. The minimum Gasteiger partial charge on any atom is -0.353 e. The van der Waals surface area contributed by atoms with Crippen LogP contribution in [0.15, 0.2) is 42.5 Å². The molecule has 0 atom stereocenters. The number of nitrogens with one attached hydrogen (secondary N) is 1. The van der Waals surface area contributed by atoms with E-state index in [1.54, 1.807) is 18.2 Å². The molecule has 0 radical (unpaired) electrons. The Hall–Kier alpha value is -1.87. The number of pyridine rings is 1. The largest absolute Gasteiger partial charge is 0.353 e. The van der Waals surface area contributed by atoms with Gasteiger partial charge in [0.25, 0.3) is 0 Å². The van der Waals surface area contributed by atoms with E-state index in [1.165, 1.54) is 6.07 Å². The Morgan fingerprint density at radius 2 is 1.94 bits per heavy atom. The van der Waals surface area contributed by atoms with E-state index in [9.17, 15) is 4.39 Å². The monoisotopic (exact) mass is 246 g/mol. The molecule has 0 aliphatic carbocycles. The van der Waals surface area contributed by atoms with E-state index in [1.807, 2.05) is 18.2 Å². The minimum atomic E-state index is -0.243. The van der Waals surface area contributed by atoms with Gasteiger partial charge in [0, 0.05) is 10.9 Å². The van der Waals surface area contributed by atoms with Gasteiger partial charge in [-0.1, -0.05) is 23.7 Å². The molecule has 2 nitrogen and oxygen atoms in total. The van der Waals surface area contributed by atoms with E-state index >= 15 is 0 Å². The van der Waals surface area contributed by atoms with Crippen LogP contribution in [0.4, 0.5) is 4.39 Å². The first-order valence-corrected chi connectivity index (χ1v) is 5.52. The third kappa shape index (κ3) is 1.78. The molecule has 4 heteroatoms. The second kappa shape index (κ2) is 3.86. The molecule has 0 aliphatic heterocycles. The van der Waals surface area contributed by atoms with Crippen LogP contribution in [0.2, 0.25) is 5.15 Å². The molecule has 3 rings (SSSR count). The van der Waals surface area contributed by atoms with Crippen LogP contribution in [0, 0.1) is 5.82 Å². The molecular weight excluding hydrogens is 239 g/mol. The number of aromatic nitrogens is 2. The molecule has 1 aromatic carbocycles. The Labute approximate surface area is 102 Å². The number of hydrogen-bond acceptors (Lipinski definition) is 1. The van der Waals surface area contributed by atoms with Crippen molar-refractivity contribution in [3.05, 3.63) is 53.4 Å². The van der Waals surface area contributed by atoms with E-state index in [0.717, 1.165) is 11.2 Å². The highest BCUT2D eigenvalue weighted by molar-refractivity contribution is 6.29. The van der Waals surface area contributed by atoms with Gasteiger partial charge < -0.3 is 4.98 Å². The van der Waals surface area contributed by atoms with Gasteiger partial charge in [-0.3, -0.25) is 0 Å². The van der Waals surface area contributed by atoms with Crippen molar-refractivity contribution in [1.82, 2.24) is 9.97 Å². The lowest BCUT2D eigenvalue weighted by Crippen LogP contribution is -1.82. The standard InChI is InChI=1S/C13H8ClFN2/c14-13-6-2-5-11(17-13)12-7-8-9(15)3-1-4-10(8)16-12/h1-7,16H. The first-order valence-electron chi connectivity index (χ1n) is 5.14. The van der Waals surface area contributed by atoms with E-state index < -0.39 is 0 Å². The fourth-order valence-electron chi connectivity index (χ4n) is 1.81. The van der Waals surface area contributed by atoms with Crippen LogP contribution in [0.1, 0.15) is 0 Å². The number of fused-ring (bicyclic) bond motifs is 1. The summed E-state index contributed by atoms with van der Waals surface area (Å²) in [6.45, 7) is 0. The zero-order valence-corrected chi connectivity index (χ0v) is 9.50. The lowest BCUT2D eigenvalue weighted by molar-refractivity contribution is 0.640. The smallest absolute Gasteiger partial charge is 0.132 e. The highest BCUT2D eigenvalue weighted by Crippen LogP contribution is 2.25. The summed E-state index contributed by atoms with van der Waals surface area (Å²) < 4.78 is 13.5. The predicted molar refractivity (Wildman–Crippen MR) is 66.5 cm³/mol. The van der Waals surface area contributed by atoms with Crippen LogP contribution >= 0.6 is 11.6 Å². The quantitative estimate of drug-likeness (QED) is 0.646. The van der Waals surface area contributed by atoms with Gasteiger partial charge in [-0.2, -0.15) is 0 Å². The Kier molecular flexibility index (Phi) is 2.34. The van der Waals surface area contributed by atoms with Gasteiger partial charge in [-0.15, -0.1) is 0 Å². The molecule has 2 aromatic heterocycles. The molecule has 0 aliphatic rings. The second-order valence-electron chi connectivity index (χ2n) is 3.73. The number of rotatable bonds is 1. The summed E-state index contributed by atoms with van der Waals surface area (Å²) in [7, 11) is 0. The van der Waals surface area contributed by atoms with Gasteiger partial charge in [0.05, 0.1) is 11.4 Å². The molecule has 1 N–H and O–H groups in total. The number of benzene rings is 1. The third-order valence-corrected chi connectivity index (χ3v) is 2.81. The fourth-order valence-corrected chi connectivity index (χ4v) is 1.98. The summed E-state index contributed by atoms with van der Waals surface area (Å²) in [6, 6.07) is 12.0. The molecule has 17 heavy (non-hydrogen) atoms. The Morgan fingerprint density at radius 3 is 2.71 bits per heavy atom. The van der Waals surface area contributed by atoms with Crippen LogP contribution in [0.25, 0.3) is 22.3 Å². The summed E-state index contributed by atoms with van der Waals surface area (Å²) in [5.74, 6) is -0.243.